The Morgan fingerprint density at radius 2 is 2.46 bits per heavy atom. The Labute approximate surface area is 145 Å². The van der Waals surface area contributed by atoms with Gasteiger partial charge in [-0.3, -0.25) is 4.79 Å². The number of nitrogens with one attached hydrogen (secondary N) is 1. The normalized spacial score (nSPS) is 17.8. The maximum atomic E-state index is 12.3. The Morgan fingerprint density at radius 1 is 1.62 bits per heavy atom. The molecule has 1 aliphatic carbocycles. The van der Waals surface area contributed by atoms with Crippen LogP contribution in [0.1, 0.15) is 48.1 Å². The quantitative estimate of drug-likeness (QED) is 0.874. The highest BCUT2D eigenvalue weighted by Crippen LogP contribution is 2.39. The van der Waals surface area contributed by atoms with E-state index in [1.807, 2.05) is 24.4 Å². The highest BCUT2D eigenvalue weighted by molar-refractivity contribution is 7.16. The van der Waals surface area contributed by atoms with E-state index in [1.54, 1.807) is 17.6 Å². The second-order valence-electron chi connectivity index (χ2n) is 6.46. The van der Waals surface area contributed by atoms with Gasteiger partial charge in [-0.05, 0) is 49.8 Å². The molecule has 3 rings (SSSR count). The first-order valence-electron chi connectivity index (χ1n) is 8.29. The van der Waals surface area contributed by atoms with Gasteiger partial charge in [-0.1, -0.05) is 6.92 Å². The highest BCUT2D eigenvalue weighted by atomic mass is 32.1. The van der Waals surface area contributed by atoms with Crippen molar-refractivity contribution in [3.05, 3.63) is 40.2 Å². The fourth-order valence-corrected chi connectivity index (χ4v) is 4.46. The summed E-state index contributed by atoms with van der Waals surface area (Å²) in [5, 5.41) is 15.0. The molecule has 0 aromatic carbocycles. The van der Waals surface area contributed by atoms with Crippen LogP contribution in [0.3, 0.4) is 0 Å². The number of anilines is 1. The van der Waals surface area contributed by atoms with Crippen LogP contribution in [0, 0.1) is 17.2 Å². The summed E-state index contributed by atoms with van der Waals surface area (Å²) in [6, 6.07) is 6.11. The Kier molecular flexibility index (Phi) is 5.03. The monoisotopic (exact) mass is 344 g/mol. The summed E-state index contributed by atoms with van der Waals surface area (Å²) in [5.74, 6) is 1.41. The van der Waals surface area contributed by atoms with Crippen molar-refractivity contribution >= 4 is 22.2 Å². The van der Waals surface area contributed by atoms with Gasteiger partial charge in [0.1, 0.15) is 17.1 Å². The number of quaternary nitrogens is 1. The lowest BCUT2D eigenvalue weighted by molar-refractivity contribution is -0.684. The van der Waals surface area contributed by atoms with Crippen molar-refractivity contribution in [2.24, 2.45) is 5.92 Å². The van der Waals surface area contributed by atoms with Crippen LogP contribution in [0.25, 0.3) is 0 Å². The summed E-state index contributed by atoms with van der Waals surface area (Å²) in [7, 11) is 0. The molecule has 1 aliphatic rings. The zero-order chi connectivity index (χ0) is 17.1. The number of nitrogens with two attached hydrogens (primary N) is 1. The van der Waals surface area contributed by atoms with E-state index in [4.69, 9.17) is 4.42 Å². The molecule has 0 spiro atoms. The molecule has 2 heterocycles. The van der Waals surface area contributed by atoms with Gasteiger partial charge in [-0.2, -0.15) is 5.26 Å². The van der Waals surface area contributed by atoms with Crippen LogP contribution in [-0.4, -0.2) is 12.5 Å². The fourth-order valence-electron chi connectivity index (χ4n) is 3.09. The lowest BCUT2D eigenvalue weighted by atomic mass is 9.89. The van der Waals surface area contributed by atoms with Crippen molar-refractivity contribution in [2.75, 3.05) is 11.9 Å². The third kappa shape index (κ3) is 3.53. The van der Waals surface area contributed by atoms with Gasteiger partial charge in [0, 0.05) is 4.88 Å². The molecule has 2 aromatic rings. The first kappa shape index (κ1) is 16.7. The van der Waals surface area contributed by atoms with Crippen LogP contribution in [0.15, 0.2) is 22.8 Å². The number of hydrogen-bond acceptors (Lipinski definition) is 4. The summed E-state index contributed by atoms with van der Waals surface area (Å²) < 4.78 is 5.34. The summed E-state index contributed by atoms with van der Waals surface area (Å²) >= 11 is 1.56. The number of carbonyl (C=O) groups is 1. The van der Waals surface area contributed by atoms with Crippen molar-refractivity contribution in [3.8, 4) is 6.07 Å². The van der Waals surface area contributed by atoms with Gasteiger partial charge in [0.25, 0.3) is 5.91 Å². The van der Waals surface area contributed by atoms with E-state index in [0.717, 1.165) is 30.6 Å². The van der Waals surface area contributed by atoms with Crippen LogP contribution in [-0.2, 0) is 17.6 Å². The summed E-state index contributed by atoms with van der Waals surface area (Å²) in [6.45, 7) is 4.53. The molecule has 24 heavy (non-hydrogen) atoms. The fraction of sp³-hybridized carbons (Fsp3) is 0.444. The van der Waals surface area contributed by atoms with E-state index in [0.29, 0.717) is 23.0 Å². The summed E-state index contributed by atoms with van der Waals surface area (Å²) in [4.78, 5) is 13.5. The Bertz CT molecular complexity index is 758. The number of furan rings is 1. The molecule has 0 aliphatic heterocycles. The molecule has 2 aromatic heterocycles. The Hall–Kier alpha value is -2.10. The smallest absolute Gasteiger partial charge is 0.280 e. The average Bonchev–Trinajstić information content (AvgIpc) is 3.19. The molecule has 2 atom stereocenters. The second-order valence-corrected chi connectivity index (χ2v) is 7.56. The minimum atomic E-state index is -0.0865. The topological polar surface area (TPSA) is 82.6 Å². The Morgan fingerprint density at radius 3 is 3.17 bits per heavy atom. The zero-order valence-corrected chi connectivity index (χ0v) is 14.8. The highest BCUT2D eigenvalue weighted by Gasteiger charge is 2.25. The number of thiophene rings is 1. The molecular weight excluding hydrogens is 322 g/mol. The van der Waals surface area contributed by atoms with Crippen molar-refractivity contribution in [3.63, 3.8) is 0 Å². The SMILES string of the molecule is C[C@@H]1CCc2c(sc(NC(=O)C[NH2+][C@H](C)c3ccco3)c2C#N)C1. The molecule has 0 saturated carbocycles. The average molecular weight is 344 g/mol. The van der Waals surface area contributed by atoms with Gasteiger partial charge < -0.3 is 15.1 Å². The van der Waals surface area contributed by atoms with Crippen LogP contribution >= 0.6 is 11.3 Å². The first-order valence-corrected chi connectivity index (χ1v) is 9.11. The first-order chi connectivity index (χ1) is 11.6. The molecule has 0 unspecified atom stereocenters. The number of rotatable bonds is 5. The van der Waals surface area contributed by atoms with Gasteiger partial charge in [0.2, 0.25) is 0 Å². The molecular formula is C18H22N3O2S+. The molecule has 1 amide bonds. The summed E-state index contributed by atoms with van der Waals surface area (Å²) in [5.41, 5.74) is 1.80. The number of fused-ring (bicyclic) bond motifs is 1. The molecule has 0 radical (unpaired) electrons. The van der Waals surface area contributed by atoms with Gasteiger partial charge in [-0.25, -0.2) is 0 Å². The number of nitrogens with zero attached hydrogens (tertiary/aromatic N) is 1. The van der Waals surface area contributed by atoms with Gasteiger partial charge in [-0.15, -0.1) is 11.3 Å². The largest absolute Gasteiger partial charge is 0.463 e. The van der Waals surface area contributed by atoms with E-state index in [-0.39, 0.29) is 11.9 Å². The van der Waals surface area contributed by atoms with E-state index in [2.05, 4.69) is 18.3 Å². The van der Waals surface area contributed by atoms with E-state index in [1.165, 1.54) is 4.88 Å². The van der Waals surface area contributed by atoms with Crippen molar-refractivity contribution in [1.29, 1.82) is 5.26 Å². The predicted octanol–water partition coefficient (Wildman–Crippen LogP) is 2.60. The lowest BCUT2D eigenvalue weighted by Crippen LogP contribution is -2.86. The zero-order valence-electron chi connectivity index (χ0n) is 14.0. The third-order valence-corrected chi connectivity index (χ3v) is 5.69. The van der Waals surface area contributed by atoms with Gasteiger partial charge in [0.05, 0.1) is 11.8 Å². The molecule has 3 N–H and O–H groups in total. The van der Waals surface area contributed by atoms with Crippen molar-refractivity contribution in [1.82, 2.24) is 0 Å². The van der Waals surface area contributed by atoms with Crippen LogP contribution in [0.2, 0.25) is 0 Å². The maximum absolute atomic E-state index is 12.3. The van der Waals surface area contributed by atoms with Crippen LogP contribution < -0.4 is 10.6 Å². The maximum Gasteiger partial charge on any atom is 0.280 e. The minimum absolute atomic E-state index is 0.0820. The predicted molar refractivity (Wildman–Crippen MR) is 92.8 cm³/mol. The molecule has 0 fully saturated rings. The second kappa shape index (κ2) is 7.20. The molecule has 0 bridgehead atoms. The van der Waals surface area contributed by atoms with E-state index >= 15 is 0 Å². The van der Waals surface area contributed by atoms with Gasteiger partial charge >= 0.3 is 0 Å². The van der Waals surface area contributed by atoms with Crippen molar-refractivity contribution < 1.29 is 14.5 Å². The number of hydrogen-bond donors (Lipinski definition) is 2. The number of amides is 1. The number of nitriles is 1. The lowest BCUT2D eigenvalue weighted by Gasteiger charge is -2.17. The third-order valence-electron chi connectivity index (χ3n) is 4.53. The van der Waals surface area contributed by atoms with E-state index in [9.17, 15) is 10.1 Å². The molecule has 126 valence electrons. The number of carbonyl (C=O) groups excluding carboxylic acids is 1. The van der Waals surface area contributed by atoms with Crippen LogP contribution in [0.4, 0.5) is 5.00 Å². The van der Waals surface area contributed by atoms with Gasteiger partial charge in [0.15, 0.2) is 12.3 Å². The molecule has 5 nitrogen and oxygen atoms in total. The molecule has 0 saturated heterocycles. The van der Waals surface area contributed by atoms with E-state index < -0.39 is 0 Å². The summed E-state index contributed by atoms with van der Waals surface area (Å²) in [6.07, 6.45) is 4.69. The van der Waals surface area contributed by atoms with Crippen molar-refractivity contribution in [2.45, 2.75) is 39.2 Å². The Balaban J connectivity index is 1.63. The van der Waals surface area contributed by atoms with Crippen LogP contribution in [0.5, 0.6) is 0 Å². The molecule has 6 heteroatoms. The standard InChI is InChI=1S/C18H21N3O2S/c1-11-5-6-13-14(9-19)18(24-16(13)8-11)21-17(22)10-20-12(2)15-4-3-7-23-15/h3-4,7,11-12,20H,5-6,8,10H2,1-2H3,(H,21,22)/p+1/t11-,12-/m1/s1. The minimum Gasteiger partial charge on any atom is -0.463 e.